The summed E-state index contributed by atoms with van der Waals surface area (Å²) in [5.41, 5.74) is 0.321. The summed E-state index contributed by atoms with van der Waals surface area (Å²) in [4.78, 5) is 22.1. The van der Waals surface area contributed by atoms with E-state index in [0.29, 0.717) is 5.56 Å². The summed E-state index contributed by atoms with van der Waals surface area (Å²) in [5.74, 6) is -1.48. The van der Waals surface area contributed by atoms with Gasteiger partial charge in [-0.25, -0.2) is 4.79 Å². The first-order valence-corrected chi connectivity index (χ1v) is 4.32. The Morgan fingerprint density at radius 3 is 2.62 bits per heavy atom. The molecule has 1 aromatic carbocycles. The minimum Gasteiger partial charge on any atom is -0.463 e. The summed E-state index contributed by atoms with van der Waals surface area (Å²) in [7, 11) is 1.18. The second-order valence-electron chi connectivity index (χ2n) is 2.33. The van der Waals surface area contributed by atoms with Gasteiger partial charge >= 0.3 is 5.97 Å². The number of benzene rings is 1. The number of hydrogen-bond acceptors (Lipinski definition) is 3. The summed E-state index contributed by atoms with van der Waals surface area (Å²) >= 11 is 3.20. The number of carbonyl (C=O) groups excluding carboxylic acids is 2. The van der Waals surface area contributed by atoms with Crippen LogP contribution in [0.4, 0.5) is 0 Å². The number of ketones is 1. The van der Waals surface area contributed by atoms with Crippen molar-refractivity contribution in [3.63, 3.8) is 0 Å². The molecule has 13 heavy (non-hydrogen) atoms. The Balaban J connectivity index is 2.95. The van der Waals surface area contributed by atoms with Gasteiger partial charge in [-0.15, -0.1) is 0 Å². The zero-order chi connectivity index (χ0) is 9.84. The second-order valence-corrected chi connectivity index (χ2v) is 3.25. The number of ether oxygens (including phenoxy) is 1. The third-order valence-corrected chi connectivity index (χ3v) is 1.95. The predicted octanol–water partition coefficient (Wildman–Crippen LogP) is 1.80. The molecule has 0 unspecified atom stereocenters. The Morgan fingerprint density at radius 1 is 1.38 bits per heavy atom. The molecule has 0 N–H and O–H groups in total. The molecule has 1 aromatic rings. The molecular weight excluding hydrogens is 236 g/mol. The molecule has 68 valence electrons. The highest BCUT2D eigenvalue weighted by Crippen LogP contribution is 2.12. The zero-order valence-corrected chi connectivity index (χ0v) is 8.50. The van der Waals surface area contributed by atoms with Crippen LogP contribution in [0.15, 0.2) is 28.7 Å². The summed E-state index contributed by atoms with van der Waals surface area (Å²) in [6, 6.07) is 6.58. The molecule has 0 heterocycles. The van der Waals surface area contributed by atoms with E-state index in [1.54, 1.807) is 24.3 Å². The molecule has 1 rings (SSSR count). The summed E-state index contributed by atoms with van der Waals surface area (Å²) in [6.07, 6.45) is 0. The van der Waals surface area contributed by atoms with Crippen LogP contribution in [-0.4, -0.2) is 18.9 Å². The number of hydrogen-bond donors (Lipinski definition) is 0. The molecule has 0 atom stereocenters. The van der Waals surface area contributed by atoms with Gasteiger partial charge in [-0.2, -0.15) is 0 Å². The molecule has 0 aliphatic rings. The molecule has 4 heteroatoms. The van der Waals surface area contributed by atoms with Crippen molar-refractivity contribution in [1.82, 2.24) is 0 Å². The number of rotatable bonds is 2. The van der Waals surface area contributed by atoms with Crippen molar-refractivity contribution in [2.45, 2.75) is 0 Å². The van der Waals surface area contributed by atoms with E-state index in [-0.39, 0.29) is 0 Å². The van der Waals surface area contributed by atoms with Crippen LogP contribution in [0.2, 0.25) is 0 Å². The third-order valence-electron chi connectivity index (χ3n) is 1.46. The molecule has 0 aliphatic carbocycles. The fraction of sp³-hybridized carbons (Fsp3) is 0.111. The van der Waals surface area contributed by atoms with Gasteiger partial charge in [0.1, 0.15) is 0 Å². The number of Topliss-reactive ketones (excluding diaryl/α,β-unsaturated/α-hetero) is 1. The zero-order valence-electron chi connectivity index (χ0n) is 6.91. The van der Waals surface area contributed by atoms with Crippen LogP contribution < -0.4 is 0 Å². The molecule has 0 aromatic heterocycles. The first kappa shape index (κ1) is 9.92. The predicted molar refractivity (Wildman–Crippen MR) is 50.5 cm³/mol. The average molecular weight is 243 g/mol. The Morgan fingerprint density at radius 2 is 2.08 bits per heavy atom. The van der Waals surface area contributed by atoms with Gasteiger partial charge < -0.3 is 4.74 Å². The van der Waals surface area contributed by atoms with E-state index >= 15 is 0 Å². The molecule has 0 aliphatic heterocycles. The summed E-state index contributed by atoms with van der Waals surface area (Å²) < 4.78 is 5.05. The van der Waals surface area contributed by atoms with E-state index < -0.39 is 11.8 Å². The lowest BCUT2D eigenvalue weighted by Crippen LogP contribution is -2.15. The van der Waals surface area contributed by atoms with Gasteiger partial charge in [0.25, 0.3) is 5.78 Å². The molecule has 3 nitrogen and oxygen atoms in total. The van der Waals surface area contributed by atoms with E-state index in [2.05, 4.69) is 20.7 Å². The van der Waals surface area contributed by atoms with Crippen molar-refractivity contribution in [2.75, 3.05) is 7.11 Å². The van der Waals surface area contributed by atoms with Gasteiger partial charge in [0, 0.05) is 10.0 Å². The van der Waals surface area contributed by atoms with Crippen LogP contribution in [0.1, 0.15) is 10.4 Å². The van der Waals surface area contributed by atoms with Crippen LogP contribution in [0.25, 0.3) is 0 Å². The second kappa shape index (κ2) is 4.18. The van der Waals surface area contributed by atoms with E-state index in [1.807, 2.05) is 0 Å². The van der Waals surface area contributed by atoms with Gasteiger partial charge in [0.15, 0.2) is 0 Å². The van der Waals surface area contributed by atoms with Gasteiger partial charge in [-0.05, 0) is 12.1 Å². The van der Waals surface area contributed by atoms with Gasteiger partial charge in [0.2, 0.25) is 0 Å². The van der Waals surface area contributed by atoms with Crippen LogP contribution in [0.3, 0.4) is 0 Å². The number of esters is 1. The average Bonchev–Trinajstić information content (AvgIpc) is 2.15. The highest BCUT2D eigenvalue weighted by atomic mass is 79.9. The lowest BCUT2D eigenvalue weighted by atomic mass is 10.1. The molecule has 0 amide bonds. The molecular formula is C9H7BrO3. The van der Waals surface area contributed by atoms with E-state index in [1.165, 1.54) is 7.11 Å². The normalized spacial score (nSPS) is 9.38. The minimum absolute atomic E-state index is 0.321. The van der Waals surface area contributed by atoms with Crippen molar-refractivity contribution in [3.8, 4) is 0 Å². The molecule has 0 saturated carbocycles. The molecule has 0 spiro atoms. The largest absolute Gasteiger partial charge is 0.463 e. The number of carbonyl (C=O) groups is 2. The first-order chi connectivity index (χ1) is 6.15. The summed E-state index contributed by atoms with van der Waals surface area (Å²) in [5, 5.41) is 0. The molecule has 0 saturated heterocycles. The highest BCUT2D eigenvalue weighted by Gasteiger charge is 2.15. The monoisotopic (exact) mass is 242 g/mol. The van der Waals surface area contributed by atoms with Crippen LogP contribution in [-0.2, 0) is 9.53 Å². The Kier molecular flexibility index (Phi) is 3.19. The first-order valence-electron chi connectivity index (χ1n) is 3.53. The molecule has 0 fully saturated rings. The van der Waals surface area contributed by atoms with Crippen LogP contribution in [0, 0.1) is 0 Å². The smallest absolute Gasteiger partial charge is 0.379 e. The number of methoxy groups -OCH3 is 1. The van der Waals surface area contributed by atoms with Gasteiger partial charge in [-0.1, -0.05) is 28.1 Å². The maximum Gasteiger partial charge on any atom is 0.379 e. The van der Waals surface area contributed by atoms with Crippen molar-refractivity contribution < 1.29 is 14.3 Å². The van der Waals surface area contributed by atoms with Gasteiger partial charge in [-0.3, -0.25) is 4.79 Å². The third kappa shape index (κ3) is 2.39. The SMILES string of the molecule is COC(=O)C(=O)c1cccc(Br)c1. The minimum atomic E-state index is -0.849. The van der Waals surface area contributed by atoms with Crippen molar-refractivity contribution in [3.05, 3.63) is 34.3 Å². The lowest BCUT2D eigenvalue weighted by molar-refractivity contribution is -0.135. The Bertz CT molecular complexity index is 346. The standard InChI is InChI=1S/C9H7BrO3/c1-13-9(12)8(11)6-3-2-4-7(10)5-6/h2-5H,1H3. The fourth-order valence-corrected chi connectivity index (χ4v) is 1.24. The fourth-order valence-electron chi connectivity index (χ4n) is 0.840. The van der Waals surface area contributed by atoms with Crippen molar-refractivity contribution in [1.29, 1.82) is 0 Å². The molecule has 0 radical (unpaired) electrons. The highest BCUT2D eigenvalue weighted by molar-refractivity contribution is 9.10. The van der Waals surface area contributed by atoms with Gasteiger partial charge in [0.05, 0.1) is 7.11 Å². The maximum absolute atomic E-state index is 11.2. The quantitative estimate of drug-likeness (QED) is 0.452. The van der Waals surface area contributed by atoms with Crippen LogP contribution in [0.5, 0.6) is 0 Å². The van der Waals surface area contributed by atoms with Crippen LogP contribution >= 0.6 is 15.9 Å². The van der Waals surface area contributed by atoms with Crippen molar-refractivity contribution in [2.24, 2.45) is 0 Å². The summed E-state index contributed by atoms with van der Waals surface area (Å²) in [6.45, 7) is 0. The van der Waals surface area contributed by atoms with E-state index in [0.717, 1.165) is 4.47 Å². The van der Waals surface area contributed by atoms with E-state index in [4.69, 9.17) is 0 Å². The Hall–Kier alpha value is -1.16. The number of halogens is 1. The topological polar surface area (TPSA) is 43.4 Å². The lowest BCUT2D eigenvalue weighted by Gasteiger charge is -1.98. The Labute approximate surface area is 83.8 Å². The van der Waals surface area contributed by atoms with E-state index in [9.17, 15) is 9.59 Å². The molecule has 0 bridgehead atoms. The van der Waals surface area contributed by atoms with Crippen molar-refractivity contribution >= 4 is 27.7 Å². The maximum atomic E-state index is 11.2.